The molecule has 0 bridgehead atoms. The number of ether oxygens (including phenoxy) is 1. The van der Waals surface area contributed by atoms with Crippen molar-refractivity contribution in [1.82, 2.24) is 14.7 Å². The van der Waals surface area contributed by atoms with E-state index in [0.29, 0.717) is 11.7 Å². The van der Waals surface area contributed by atoms with Crippen molar-refractivity contribution < 1.29 is 9.53 Å². The standard InChI is InChI=1S/C19H25N3O2/c1-4-15-9-5-6-11-22(15)19(23)17-13-18(21(2)20-17)14-8-7-10-16(12-14)24-3/h7-8,10,12-13,15H,4-6,9,11H2,1-3H3. The van der Waals surface area contributed by atoms with Crippen LogP contribution >= 0.6 is 0 Å². The van der Waals surface area contributed by atoms with Crippen LogP contribution in [0.4, 0.5) is 0 Å². The van der Waals surface area contributed by atoms with E-state index < -0.39 is 0 Å². The summed E-state index contributed by atoms with van der Waals surface area (Å²) in [5, 5.41) is 4.47. The van der Waals surface area contributed by atoms with Gasteiger partial charge in [0, 0.05) is 25.2 Å². The molecule has 1 fully saturated rings. The minimum Gasteiger partial charge on any atom is -0.497 e. The Balaban J connectivity index is 1.89. The maximum atomic E-state index is 12.9. The van der Waals surface area contributed by atoms with Gasteiger partial charge in [-0.15, -0.1) is 0 Å². The van der Waals surface area contributed by atoms with E-state index in [0.717, 1.165) is 42.8 Å². The number of methoxy groups -OCH3 is 1. The Morgan fingerprint density at radius 1 is 1.33 bits per heavy atom. The van der Waals surface area contributed by atoms with E-state index in [1.165, 1.54) is 6.42 Å². The molecule has 1 saturated heterocycles. The number of rotatable bonds is 4. The predicted octanol–water partition coefficient (Wildman–Crippen LogP) is 3.50. The summed E-state index contributed by atoms with van der Waals surface area (Å²) in [4.78, 5) is 14.9. The van der Waals surface area contributed by atoms with E-state index in [-0.39, 0.29) is 5.91 Å². The van der Waals surface area contributed by atoms with Crippen molar-refractivity contribution in [2.75, 3.05) is 13.7 Å². The smallest absolute Gasteiger partial charge is 0.274 e. The molecule has 0 aliphatic carbocycles. The number of benzene rings is 1. The number of aryl methyl sites for hydroxylation is 1. The lowest BCUT2D eigenvalue weighted by Gasteiger charge is -2.34. The molecular formula is C19H25N3O2. The van der Waals surface area contributed by atoms with E-state index in [2.05, 4.69) is 12.0 Å². The van der Waals surface area contributed by atoms with Gasteiger partial charge in [-0.3, -0.25) is 9.48 Å². The summed E-state index contributed by atoms with van der Waals surface area (Å²) in [5.41, 5.74) is 2.44. The van der Waals surface area contributed by atoms with Crippen molar-refractivity contribution in [1.29, 1.82) is 0 Å². The predicted molar refractivity (Wildman–Crippen MR) is 94.2 cm³/mol. The maximum Gasteiger partial charge on any atom is 0.274 e. The van der Waals surface area contributed by atoms with Gasteiger partial charge in [-0.05, 0) is 43.9 Å². The van der Waals surface area contributed by atoms with Crippen LogP contribution in [-0.2, 0) is 7.05 Å². The summed E-state index contributed by atoms with van der Waals surface area (Å²) < 4.78 is 7.06. The lowest BCUT2D eigenvalue weighted by atomic mass is 9.99. The highest BCUT2D eigenvalue weighted by Crippen LogP contribution is 2.26. The largest absolute Gasteiger partial charge is 0.497 e. The fourth-order valence-electron chi connectivity index (χ4n) is 3.46. The number of aromatic nitrogens is 2. The van der Waals surface area contributed by atoms with Gasteiger partial charge in [0.15, 0.2) is 5.69 Å². The zero-order valence-electron chi connectivity index (χ0n) is 14.7. The molecule has 1 aliphatic heterocycles. The molecule has 1 aliphatic rings. The average molecular weight is 327 g/mol. The average Bonchev–Trinajstić information content (AvgIpc) is 3.02. The number of amides is 1. The van der Waals surface area contributed by atoms with Gasteiger partial charge in [-0.1, -0.05) is 19.1 Å². The molecule has 1 aromatic heterocycles. The maximum absolute atomic E-state index is 12.9. The number of hydrogen-bond donors (Lipinski definition) is 0. The third-order valence-corrected chi connectivity index (χ3v) is 4.82. The van der Waals surface area contributed by atoms with Gasteiger partial charge in [0.05, 0.1) is 12.8 Å². The molecule has 2 aromatic rings. The summed E-state index contributed by atoms with van der Waals surface area (Å²) in [6, 6.07) is 10.0. The fraction of sp³-hybridized carbons (Fsp3) is 0.474. The highest BCUT2D eigenvalue weighted by Gasteiger charge is 2.28. The van der Waals surface area contributed by atoms with Crippen LogP contribution < -0.4 is 4.74 Å². The van der Waals surface area contributed by atoms with Crippen molar-refractivity contribution >= 4 is 5.91 Å². The first-order valence-corrected chi connectivity index (χ1v) is 8.63. The third kappa shape index (κ3) is 3.16. The number of nitrogens with zero attached hydrogens (tertiary/aromatic N) is 3. The van der Waals surface area contributed by atoms with Crippen LogP contribution in [0.5, 0.6) is 5.75 Å². The fourth-order valence-corrected chi connectivity index (χ4v) is 3.46. The lowest BCUT2D eigenvalue weighted by molar-refractivity contribution is 0.0601. The molecule has 0 saturated carbocycles. The first-order valence-electron chi connectivity index (χ1n) is 8.63. The molecule has 5 heteroatoms. The molecule has 0 radical (unpaired) electrons. The highest BCUT2D eigenvalue weighted by molar-refractivity contribution is 5.93. The Bertz CT molecular complexity index is 723. The molecule has 24 heavy (non-hydrogen) atoms. The first kappa shape index (κ1) is 16.6. The van der Waals surface area contributed by atoms with Crippen molar-refractivity contribution in [2.45, 2.75) is 38.6 Å². The SMILES string of the molecule is CCC1CCCCN1C(=O)c1cc(-c2cccc(OC)c2)n(C)n1. The van der Waals surface area contributed by atoms with Crippen LogP contribution in [0.25, 0.3) is 11.3 Å². The highest BCUT2D eigenvalue weighted by atomic mass is 16.5. The van der Waals surface area contributed by atoms with Gasteiger partial charge in [0.1, 0.15) is 5.75 Å². The van der Waals surface area contributed by atoms with Gasteiger partial charge in [0.2, 0.25) is 0 Å². The second-order valence-corrected chi connectivity index (χ2v) is 6.33. The molecule has 128 valence electrons. The van der Waals surface area contributed by atoms with Gasteiger partial charge in [0.25, 0.3) is 5.91 Å². The Hall–Kier alpha value is -2.30. The summed E-state index contributed by atoms with van der Waals surface area (Å²) in [6.45, 7) is 2.98. The summed E-state index contributed by atoms with van der Waals surface area (Å²) in [6.07, 6.45) is 4.39. The molecule has 1 unspecified atom stereocenters. The number of hydrogen-bond acceptors (Lipinski definition) is 3. The monoisotopic (exact) mass is 327 g/mol. The van der Waals surface area contributed by atoms with E-state index in [1.807, 2.05) is 42.3 Å². The topological polar surface area (TPSA) is 47.4 Å². The molecule has 5 nitrogen and oxygen atoms in total. The second kappa shape index (κ2) is 7.07. The van der Waals surface area contributed by atoms with Gasteiger partial charge in [-0.2, -0.15) is 5.10 Å². The molecule has 1 atom stereocenters. The van der Waals surface area contributed by atoms with Gasteiger partial charge >= 0.3 is 0 Å². The van der Waals surface area contributed by atoms with Crippen LogP contribution in [0.3, 0.4) is 0 Å². The Labute approximate surface area is 143 Å². The summed E-state index contributed by atoms with van der Waals surface area (Å²) >= 11 is 0. The van der Waals surface area contributed by atoms with Crippen molar-refractivity contribution in [2.24, 2.45) is 7.05 Å². The molecule has 3 rings (SSSR count). The number of piperidine rings is 1. The second-order valence-electron chi connectivity index (χ2n) is 6.33. The molecule has 1 amide bonds. The van der Waals surface area contributed by atoms with Crippen molar-refractivity contribution in [3.8, 4) is 17.0 Å². The number of likely N-dealkylation sites (tertiary alicyclic amines) is 1. The van der Waals surface area contributed by atoms with E-state index in [1.54, 1.807) is 11.8 Å². The van der Waals surface area contributed by atoms with Crippen LogP contribution in [-0.4, -0.2) is 40.3 Å². The van der Waals surface area contributed by atoms with Crippen LogP contribution in [0, 0.1) is 0 Å². The normalized spacial score (nSPS) is 17.8. The van der Waals surface area contributed by atoms with Crippen molar-refractivity contribution in [3.05, 3.63) is 36.0 Å². The van der Waals surface area contributed by atoms with E-state index in [9.17, 15) is 4.79 Å². The first-order chi connectivity index (χ1) is 11.6. The molecular weight excluding hydrogens is 302 g/mol. The van der Waals surface area contributed by atoms with E-state index >= 15 is 0 Å². The Morgan fingerprint density at radius 3 is 2.92 bits per heavy atom. The van der Waals surface area contributed by atoms with Crippen LogP contribution in [0.2, 0.25) is 0 Å². The Morgan fingerprint density at radius 2 is 2.17 bits per heavy atom. The van der Waals surface area contributed by atoms with Crippen molar-refractivity contribution in [3.63, 3.8) is 0 Å². The minimum absolute atomic E-state index is 0.0475. The van der Waals surface area contributed by atoms with Crippen LogP contribution in [0.15, 0.2) is 30.3 Å². The summed E-state index contributed by atoms with van der Waals surface area (Å²) in [7, 11) is 3.53. The number of carbonyl (C=O) groups is 1. The van der Waals surface area contributed by atoms with E-state index in [4.69, 9.17) is 4.74 Å². The Kier molecular flexibility index (Phi) is 4.88. The lowest BCUT2D eigenvalue weighted by Crippen LogP contribution is -2.43. The minimum atomic E-state index is 0.0475. The third-order valence-electron chi connectivity index (χ3n) is 4.82. The summed E-state index contributed by atoms with van der Waals surface area (Å²) in [5.74, 6) is 0.843. The molecule has 0 spiro atoms. The zero-order valence-corrected chi connectivity index (χ0v) is 14.7. The molecule has 1 aromatic carbocycles. The van der Waals surface area contributed by atoms with Gasteiger partial charge in [-0.25, -0.2) is 0 Å². The van der Waals surface area contributed by atoms with Crippen LogP contribution in [0.1, 0.15) is 43.1 Å². The van der Waals surface area contributed by atoms with Gasteiger partial charge < -0.3 is 9.64 Å². The number of carbonyl (C=O) groups excluding carboxylic acids is 1. The molecule has 0 N–H and O–H groups in total. The quantitative estimate of drug-likeness (QED) is 0.863. The molecule has 2 heterocycles. The zero-order chi connectivity index (χ0) is 17.1.